The zero-order valence-electron chi connectivity index (χ0n) is 6.11. The van der Waals surface area contributed by atoms with E-state index >= 15 is 0 Å². The highest BCUT2D eigenvalue weighted by Crippen LogP contribution is 2.38. The van der Waals surface area contributed by atoms with Gasteiger partial charge in [-0.2, -0.15) is 0 Å². The molecule has 2 nitrogen and oxygen atoms in total. The Bertz CT molecular complexity index is 175. The molecule has 0 heterocycles. The second-order valence-corrected chi connectivity index (χ2v) is 4.47. The highest BCUT2D eigenvalue weighted by Gasteiger charge is 2.30. The lowest BCUT2D eigenvalue weighted by atomic mass is 9.95. The molecule has 0 aromatic carbocycles. The maximum Gasteiger partial charge on any atom is 0.118 e. The van der Waals surface area contributed by atoms with Crippen LogP contribution in [-0.4, -0.2) is 16.4 Å². The number of aliphatic imine (C=N–C) groups is 1. The summed E-state index contributed by atoms with van der Waals surface area (Å²) in [6, 6.07) is 2.27. The molecule has 0 radical (unpaired) electrons. The summed E-state index contributed by atoms with van der Waals surface area (Å²) in [4.78, 5) is 3.85. The molecule has 11 heavy (non-hydrogen) atoms. The molecule has 0 aliphatic heterocycles. The fourth-order valence-corrected chi connectivity index (χ4v) is 1.68. The maximum absolute atomic E-state index is 6.66. The lowest BCUT2D eigenvalue weighted by molar-refractivity contribution is 0.425. The topological polar surface area (TPSA) is 36.2 Å². The molecule has 4 heteroatoms. The SMILES string of the molecule is N=C=NC1CCC(Cl)(Cl)CC1. The van der Waals surface area contributed by atoms with Crippen LogP contribution >= 0.6 is 23.2 Å². The number of alkyl halides is 2. The first-order chi connectivity index (χ1) is 5.14. The summed E-state index contributed by atoms with van der Waals surface area (Å²) >= 11 is 11.8. The third kappa shape index (κ3) is 2.82. The lowest BCUT2D eigenvalue weighted by Crippen LogP contribution is -2.24. The van der Waals surface area contributed by atoms with Crippen molar-refractivity contribution in [3.63, 3.8) is 0 Å². The van der Waals surface area contributed by atoms with Gasteiger partial charge in [0.25, 0.3) is 0 Å². The third-order valence-corrected chi connectivity index (χ3v) is 2.69. The smallest absolute Gasteiger partial charge is 0.118 e. The summed E-state index contributed by atoms with van der Waals surface area (Å²) in [6.45, 7) is 0. The van der Waals surface area contributed by atoms with Gasteiger partial charge in [-0.1, -0.05) is 0 Å². The minimum Gasteiger partial charge on any atom is -0.242 e. The van der Waals surface area contributed by atoms with Crippen LogP contribution in [0.25, 0.3) is 0 Å². The van der Waals surface area contributed by atoms with Crippen LogP contribution in [0.1, 0.15) is 25.7 Å². The second kappa shape index (κ2) is 3.57. The van der Waals surface area contributed by atoms with E-state index < -0.39 is 4.33 Å². The van der Waals surface area contributed by atoms with Gasteiger partial charge >= 0.3 is 0 Å². The Labute approximate surface area is 76.1 Å². The lowest BCUT2D eigenvalue weighted by Gasteiger charge is -2.27. The molecule has 1 N–H and O–H groups in total. The van der Waals surface area contributed by atoms with Crippen molar-refractivity contribution in [2.45, 2.75) is 36.1 Å². The van der Waals surface area contributed by atoms with Crippen LogP contribution in [0.15, 0.2) is 4.99 Å². The van der Waals surface area contributed by atoms with E-state index in [1.54, 1.807) is 0 Å². The van der Waals surface area contributed by atoms with Crippen LogP contribution in [0.3, 0.4) is 0 Å². The summed E-state index contributed by atoms with van der Waals surface area (Å²) in [5.41, 5.74) is 0. The Hall–Kier alpha value is -0.0400. The highest BCUT2D eigenvalue weighted by molar-refractivity contribution is 6.48. The Morgan fingerprint density at radius 2 is 1.91 bits per heavy atom. The van der Waals surface area contributed by atoms with Gasteiger partial charge < -0.3 is 0 Å². The van der Waals surface area contributed by atoms with Crippen LogP contribution in [0.5, 0.6) is 0 Å². The maximum atomic E-state index is 6.66. The van der Waals surface area contributed by atoms with Gasteiger partial charge in [-0.25, -0.2) is 10.4 Å². The van der Waals surface area contributed by atoms with Gasteiger partial charge in [-0.3, -0.25) is 0 Å². The highest BCUT2D eigenvalue weighted by atomic mass is 35.5. The molecule has 0 spiro atoms. The van der Waals surface area contributed by atoms with Crippen molar-refractivity contribution in [2.75, 3.05) is 0 Å². The Morgan fingerprint density at radius 1 is 1.36 bits per heavy atom. The first kappa shape index (κ1) is 9.05. The molecule has 1 rings (SSSR count). The first-order valence-corrected chi connectivity index (χ1v) is 4.39. The van der Waals surface area contributed by atoms with E-state index in [9.17, 15) is 0 Å². The molecular weight excluding hydrogens is 183 g/mol. The molecule has 0 bridgehead atoms. The summed E-state index contributed by atoms with van der Waals surface area (Å²) in [5.74, 6) is 0. The average Bonchev–Trinajstić information content (AvgIpc) is 1.94. The molecule has 62 valence electrons. The zero-order valence-corrected chi connectivity index (χ0v) is 7.62. The Morgan fingerprint density at radius 3 is 2.36 bits per heavy atom. The molecule has 0 aromatic rings. The van der Waals surface area contributed by atoms with Crippen molar-refractivity contribution in [1.82, 2.24) is 0 Å². The quantitative estimate of drug-likeness (QED) is 0.491. The minimum absolute atomic E-state index is 0.220. The molecule has 1 fully saturated rings. The second-order valence-electron chi connectivity index (χ2n) is 2.83. The van der Waals surface area contributed by atoms with Gasteiger partial charge in [-0.15, -0.1) is 23.2 Å². The van der Waals surface area contributed by atoms with Crippen LogP contribution in [0, 0.1) is 5.41 Å². The van der Waals surface area contributed by atoms with E-state index in [0.29, 0.717) is 0 Å². The minimum atomic E-state index is -0.548. The van der Waals surface area contributed by atoms with Crippen LogP contribution in [-0.2, 0) is 0 Å². The largest absolute Gasteiger partial charge is 0.242 e. The van der Waals surface area contributed by atoms with E-state index in [1.165, 1.54) is 0 Å². The average molecular weight is 193 g/mol. The molecule has 0 unspecified atom stereocenters. The van der Waals surface area contributed by atoms with Gasteiger partial charge in [0.1, 0.15) is 4.33 Å². The molecule has 1 saturated carbocycles. The molecule has 0 amide bonds. The van der Waals surface area contributed by atoms with Crippen molar-refractivity contribution in [3.05, 3.63) is 0 Å². The predicted molar refractivity (Wildman–Crippen MR) is 46.8 cm³/mol. The number of rotatable bonds is 1. The fraction of sp³-hybridized carbons (Fsp3) is 0.857. The molecule has 1 aliphatic rings. The van der Waals surface area contributed by atoms with Crippen LogP contribution in [0.4, 0.5) is 0 Å². The van der Waals surface area contributed by atoms with Crippen molar-refractivity contribution in [2.24, 2.45) is 4.99 Å². The summed E-state index contributed by atoms with van der Waals surface area (Å²) in [6.07, 6.45) is 3.29. The number of hydrogen-bond donors (Lipinski definition) is 1. The van der Waals surface area contributed by atoms with Gasteiger partial charge in [0.15, 0.2) is 0 Å². The van der Waals surface area contributed by atoms with Crippen LogP contribution < -0.4 is 0 Å². The van der Waals surface area contributed by atoms with E-state index in [-0.39, 0.29) is 6.04 Å². The van der Waals surface area contributed by atoms with Gasteiger partial charge in [0.2, 0.25) is 0 Å². The number of nitrogens with zero attached hydrogens (tertiary/aromatic N) is 1. The van der Waals surface area contributed by atoms with E-state index in [2.05, 4.69) is 11.0 Å². The summed E-state index contributed by atoms with van der Waals surface area (Å²) in [7, 11) is 0. The van der Waals surface area contributed by atoms with Crippen LogP contribution in [0.2, 0.25) is 0 Å². The fourth-order valence-electron chi connectivity index (χ4n) is 1.25. The van der Waals surface area contributed by atoms with Crippen molar-refractivity contribution < 1.29 is 0 Å². The van der Waals surface area contributed by atoms with Crippen molar-refractivity contribution >= 4 is 29.2 Å². The summed E-state index contributed by atoms with van der Waals surface area (Å²) < 4.78 is -0.548. The molecule has 0 saturated heterocycles. The van der Waals surface area contributed by atoms with E-state index in [1.807, 2.05) is 0 Å². The van der Waals surface area contributed by atoms with Crippen molar-refractivity contribution in [3.8, 4) is 0 Å². The standard InChI is InChI=1S/C7H10Cl2N2/c8-7(9)3-1-6(2-4-7)11-5-10/h6,10H,1-4H2. The third-order valence-electron chi connectivity index (χ3n) is 1.93. The molecule has 0 aromatic heterocycles. The molecule has 0 atom stereocenters. The number of nitrogens with one attached hydrogen (secondary N) is 1. The van der Waals surface area contributed by atoms with Gasteiger partial charge in [0.05, 0.1) is 12.1 Å². The van der Waals surface area contributed by atoms with Crippen molar-refractivity contribution in [1.29, 1.82) is 5.41 Å². The Balaban J connectivity index is 2.42. The zero-order chi connectivity index (χ0) is 8.32. The van der Waals surface area contributed by atoms with Gasteiger partial charge in [-0.05, 0) is 25.7 Å². The van der Waals surface area contributed by atoms with Gasteiger partial charge in [0, 0.05) is 0 Å². The molecule has 1 aliphatic carbocycles. The number of hydrogen-bond acceptors (Lipinski definition) is 2. The Kier molecular flexibility index (Phi) is 2.94. The van der Waals surface area contributed by atoms with E-state index in [0.717, 1.165) is 25.7 Å². The predicted octanol–water partition coefficient (Wildman–Crippen LogP) is 2.86. The first-order valence-electron chi connectivity index (χ1n) is 3.63. The number of halogens is 2. The summed E-state index contributed by atoms with van der Waals surface area (Å²) in [5, 5.41) is 6.66. The monoisotopic (exact) mass is 192 g/mol. The van der Waals surface area contributed by atoms with E-state index in [4.69, 9.17) is 28.6 Å². The normalized spacial score (nSPS) is 24.2. The molecular formula is C7H10Cl2N2.